The van der Waals surface area contributed by atoms with E-state index >= 15 is 0 Å². The fourth-order valence-electron chi connectivity index (χ4n) is 2.42. The van der Waals surface area contributed by atoms with Gasteiger partial charge < -0.3 is 15.4 Å². The Morgan fingerprint density at radius 1 is 0.815 bits per heavy atom. The summed E-state index contributed by atoms with van der Waals surface area (Å²) in [5, 5.41) is 5.42. The molecule has 0 unspecified atom stereocenters. The molecule has 0 aliphatic heterocycles. The van der Waals surface area contributed by atoms with Crippen molar-refractivity contribution in [3.63, 3.8) is 0 Å². The van der Waals surface area contributed by atoms with Crippen molar-refractivity contribution in [1.29, 1.82) is 0 Å². The number of benzene rings is 2. The van der Waals surface area contributed by atoms with Gasteiger partial charge in [-0.2, -0.15) is 0 Å². The number of ketones is 1. The van der Waals surface area contributed by atoms with Crippen molar-refractivity contribution >= 4 is 17.6 Å². The summed E-state index contributed by atoms with van der Waals surface area (Å²) in [7, 11) is 1.56. The highest BCUT2D eigenvalue weighted by Gasteiger charge is 2.09. The fourth-order valence-corrected chi connectivity index (χ4v) is 2.42. The van der Waals surface area contributed by atoms with E-state index in [1.165, 1.54) is 0 Å². The molecule has 2 rings (SSSR count). The zero-order chi connectivity index (χ0) is 19.6. The van der Waals surface area contributed by atoms with Crippen LogP contribution in [-0.2, 0) is 4.79 Å². The Balaban J connectivity index is 1.64. The molecule has 2 N–H and O–H groups in total. The second-order valence-corrected chi connectivity index (χ2v) is 6.12. The van der Waals surface area contributed by atoms with Gasteiger partial charge in [0, 0.05) is 37.1 Å². The minimum Gasteiger partial charge on any atom is -0.497 e. The molecule has 0 fully saturated rings. The van der Waals surface area contributed by atoms with Crippen LogP contribution in [0.3, 0.4) is 0 Å². The van der Waals surface area contributed by atoms with Crippen molar-refractivity contribution in [3.05, 3.63) is 65.2 Å². The second kappa shape index (κ2) is 10.1. The first kappa shape index (κ1) is 20.2. The Morgan fingerprint density at radius 3 is 2.04 bits per heavy atom. The number of carbonyl (C=O) groups excluding carboxylic acids is 3. The Kier molecular flexibility index (Phi) is 7.55. The molecule has 6 nitrogen and oxygen atoms in total. The maximum Gasteiger partial charge on any atom is 0.251 e. The lowest BCUT2D eigenvalue weighted by atomic mass is 10.1. The molecule has 0 spiro atoms. The van der Waals surface area contributed by atoms with Crippen LogP contribution in [0.15, 0.2) is 48.5 Å². The van der Waals surface area contributed by atoms with E-state index in [9.17, 15) is 14.4 Å². The number of hydrogen-bond donors (Lipinski definition) is 2. The molecule has 27 heavy (non-hydrogen) atoms. The molecule has 2 aromatic rings. The first-order chi connectivity index (χ1) is 13.0. The smallest absolute Gasteiger partial charge is 0.251 e. The maximum atomic E-state index is 12.0. The molecule has 0 saturated carbocycles. The lowest BCUT2D eigenvalue weighted by Gasteiger charge is -2.08. The number of ether oxygens (including phenoxy) is 1. The van der Waals surface area contributed by atoms with Crippen LogP contribution in [0.1, 0.15) is 39.1 Å². The van der Waals surface area contributed by atoms with Crippen molar-refractivity contribution in [3.8, 4) is 5.75 Å². The third-order valence-corrected chi connectivity index (χ3v) is 4.04. The van der Waals surface area contributed by atoms with Gasteiger partial charge in [0.05, 0.1) is 7.11 Å². The lowest BCUT2D eigenvalue weighted by Crippen LogP contribution is -2.34. The fraction of sp³-hybridized carbons (Fsp3) is 0.286. The molecule has 0 bridgehead atoms. The van der Waals surface area contributed by atoms with Crippen LogP contribution in [0, 0.1) is 6.92 Å². The Labute approximate surface area is 158 Å². The van der Waals surface area contributed by atoms with E-state index in [4.69, 9.17) is 4.74 Å². The maximum absolute atomic E-state index is 12.0. The van der Waals surface area contributed by atoms with Gasteiger partial charge in [0.25, 0.3) is 5.91 Å². The van der Waals surface area contributed by atoms with Crippen LogP contribution in [-0.4, -0.2) is 37.8 Å². The molecular formula is C21H24N2O4. The van der Waals surface area contributed by atoms with E-state index in [0.29, 0.717) is 30.0 Å². The third-order valence-electron chi connectivity index (χ3n) is 4.04. The number of Topliss-reactive ketones (excluding diaryl/α,β-unsaturated/α-hetero) is 1. The van der Waals surface area contributed by atoms with Gasteiger partial charge in [-0.15, -0.1) is 0 Å². The van der Waals surface area contributed by atoms with Gasteiger partial charge in [-0.1, -0.05) is 29.8 Å². The Hall–Kier alpha value is -3.15. The Bertz CT molecular complexity index is 783. The summed E-state index contributed by atoms with van der Waals surface area (Å²) in [6.07, 6.45) is 0.284. The van der Waals surface area contributed by atoms with E-state index in [1.54, 1.807) is 43.5 Å². The highest BCUT2D eigenvalue weighted by Crippen LogP contribution is 2.11. The number of methoxy groups -OCH3 is 1. The van der Waals surface area contributed by atoms with Crippen LogP contribution in [0.25, 0.3) is 0 Å². The van der Waals surface area contributed by atoms with Crippen molar-refractivity contribution in [2.24, 2.45) is 0 Å². The summed E-state index contributed by atoms with van der Waals surface area (Å²) in [5.41, 5.74) is 2.21. The molecule has 0 saturated heterocycles. The topological polar surface area (TPSA) is 84.5 Å². The predicted octanol–water partition coefficient (Wildman–Crippen LogP) is 2.51. The van der Waals surface area contributed by atoms with Gasteiger partial charge in [-0.05, 0) is 31.2 Å². The minimum atomic E-state index is -0.221. The molecule has 6 heteroatoms. The molecule has 0 radical (unpaired) electrons. The standard InChI is InChI=1S/C21H24N2O4/c1-15-3-5-16(6-4-15)19(24)11-12-20(25)22-13-14-23-21(26)17-7-9-18(27-2)10-8-17/h3-10H,11-14H2,1-2H3,(H,22,25)(H,23,26). The molecule has 2 amide bonds. The summed E-state index contributed by atoms with van der Waals surface area (Å²) in [4.78, 5) is 35.8. The highest BCUT2D eigenvalue weighted by atomic mass is 16.5. The van der Waals surface area contributed by atoms with Crippen LogP contribution < -0.4 is 15.4 Å². The van der Waals surface area contributed by atoms with Crippen molar-refractivity contribution in [1.82, 2.24) is 10.6 Å². The van der Waals surface area contributed by atoms with E-state index in [2.05, 4.69) is 10.6 Å². The van der Waals surface area contributed by atoms with Crippen LogP contribution >= 0.6 is 0 Å². The van der Waals surface area contributed by atoms with Crippen LogP contribution in [0.5, 0.6) is 5.75 Å². The molecule has 0 aliphatic rings. The van der Waals surface area contributed by atoms with Crippen LogP contribution in [0.2, 0.25) is 0 Å². The van der Waals surface area contributed by atoms with Gasteiger partial charge in [0.2, 0.25) is 5.91 Å². The van der Waals surface area contributed by atoms with Gasteiger partial charge in [-0.25, -0.2) is 0 Å². The first-order valence-electron chi connectivity index (χ1n) is 8.78. The van der Waals surface area contributed by atoms with Gasteiger partial charge in [0.15, 0.2) is 5.78 Å². The summed E-state index contributed by atoms with van der Waals surface area (Å²) in [6, 6.07) is 14.0. The van der Waals surface area contributed by atoms with Gasteiger partial charge in [-0.3, -0.25) is 14.4 Å². The normalized spacial score (nSPS) is 10.1. The summed E-state index contributed by atoms with van der Waals surface area (Å²) >= 11 is 0. The number of rotatable bonds is 9. The molecule has 142 valence electrons. The van der Waals surface area contributed by atoms with Crippen molar-refractivity contribution in [2.75, 3.05) is 20.2 Å². The molecule has 0 heterocycles. The summed E-state index contributed by atoms with van der Waals surface area (Å²) in [6.45, 7) is 2.57. The number of carbonyl (C=O) groups is 3. The van der Waals surface area contributed by atoms with Crippen molar-refractivity contribution in [2.45, 2.75) is 19.8 Å². The van der Waals surface area contributed by atoms with Crippen LogP contribution in [0.4, 0.5) is 0 Å². The average Bonchev–Trinajstić information content (AvgIpc) is 2.69. The highest BCUT2D eigenvalue weighted by molar-refractivity contribution is 5.98. The zero-order valence-electron chi connectivity index (χ0n) is 15.6. The largest absolute Gasteiger partial charge is 0.497 e. The number of hydrogen-bond acceptors (Lipinski definition) is 4. The monoisotopic (exact) mass is 368 g/mol. The minimum absolute atomic E-state index is 0.0574. The molecular weight excluding hydrogens is 344 g/mol. The van der Waals surface area contributed by atoms with Gasteiger partial charge in [0.1, 0.15) is 5.75 Å². The number of nitrogens with one attached hydrogen (secondary N) is 2. The average molecular weight is 368 g/mol. The van der Waals surface area contributed by atoms with Gasteiger partial charge >= 0.3 is 0 Å². The van der Waals surface area contributed by atoms with E-state index in [1.807, 2.05) is 19.1 Å². The number of aryl methyl sites for hydroxylation is 1. The summed E-state index contributed by atoms with van der Waals surface area (Å²) < 4.78 is 5.04. The third kappa shape index (κ3) is 6.58. The van der Waals surface area contributed by atoms with Crippen molar-refractivity contribution < 1.29 is 19.1 Å². The van der Waals surface area contributed by atoms with E-state index < -0.39 is 0 Å². The Morgan fingerprint density at radius 2 is 1.41 bits per heavy atom. The lowest BCUT2D eigenvalue weighted by molar-refractivity contribution is -0.121. The number of amides is 2. The first-order valence-corrected chi connectivity index (χ1v) is 8.78. The zero-order valence-corrected chi connectivity index (χ0v) is 15.6. The molecule has 2 aromatic carbocycles. The second-order valence-electron chi connectivity index (χ2n) is 6.12. The summed E-state index contributed by atoms with van der Waals surface area (Å²) in [5.74, 6) is 0.188. The quantitative estimate of drug-likeness (QED) is 0.526. The predicted molar refractivity (Wildman–Crippen MR) is 103 cm³/mol. The molecule has 0 atom stereocenters. The molecule has 0 aromatic heterocycles. The van der Waals surface area contributed by atoms with E-state index in [0.717, 1.165) is 5.56 Å². The molecule has 0 aliphatic carbocycles. The van der Waals surface area contributed by atoms with E-state index in [-0.39, 0.29) is 30.4 Å². The SMILES string of the molecule is COc1ccc(C(=O)NCCNC(=O)CCC(=O)c2ccc(C)cc2)cc1.